The fourth-order valence-corrected chi connectivity index (χ4v) is 2.52. The van der Waals surface area contributed by atoms with E-state index in [4.69, 9.17) is 10.5 Å². The maximum Gasteiger partial charge on any atom is 0.344 e. The van der Waals surface area contributed by atoms with Crippen LogP contribution in [0.1, 0.15) is 22.8 Å². The van der Waals surface area contributed by atoms with Crippen molar-refractivity contribution in [2.45, 2.75) is 13.3 Å². The van der Waals surface area contributed by atoms with Crippen molar-refractivity contribution >= 4 is 28.3 Å². The molecule has 0 bridgehead atoms. The summed E-state index contributed by atoms with van der Waals surface area (Å²) in [5.41, 5.74) is 7.28. The van der Waals surface area contributed by atoms with E-state index in [9.17, 15) is 4.79 Å². The largest absolute Gasteiger partial charge is 0.462 e. The third-order valence-electron chi connectivity index (χ3n) is 2.74. The lowest BCUT2D eigenvalue weighted by molar-refractivity contribution is 0.0529. The first-order valence-corrected chi connectivity index (χ1v) is 7.19. The summed E-state index contributed by atoms with van der Waals surface area (Å²) in [6.07, 6.45) is 0.862. The lowest BCUT2D eigenvalue weighted by Gasteiger charge is -2.06. The van der Waals surface area contributed by atoms with Crippen molar-refractivity contribution in [3.8, 4) is 0 Å². The normalized spacial score (nSPS) is 10.2. The Kier molecular flexibility index (Phi) is 4.95. The van der Waals surface area contributed by atoms with Gasteiger partial charge in [-0.05, 0) is 30.4 Å². The van der Waals surface area contributed by atoms with Gasteiger partial charge in [0.2, 0.25) is 0 Å². The van der Waals surface area contributed by atoms with E-state index in [1.807, 2.05) is 18.2 Å². The fourth-order valence-electron chi connectivity index (χ4n) is 1.79. The second-order valence-corrected chi connectivity index (χ2v) is 4.93. The molecule has 1 heterocycles. The molecule has 0 aliphatic rings. The summed E-state index contributed by atoms with van der Waals surface area (Å²) in [6, 6.07) is 10.1. The van der Waals surface area contributed by atoms with Crippen molar-refractivity contribution in [1.29, 1.82) is 0 Å². The van der Waals surface area contributed by atoms with Gasteiger partial charge in [0.1, 0.15) is 10.6 Å². The zero-order valence-corrected chi connectivity index (χ0v) is 12.1. The van der Waals surface area contributed by atoms with Gasteiger partial charge < -0.3 is 15.8 Å². The molecule has 3 N–H and O–H groups in total. The monoisotopic (exact) mass is 291 g/mol. The maximum atomic E-state index is 11.8. The molecule has 20 heavy (non-hydrogen) atoms. The number of hydrogen-bond acceptors (Lipinski definition) is 6. The molecular weight excluding hydrogens is 274 g/mol. The van der Waals surface area contributed by atoms with Gasteiger partial charge in [-0.15, -0.1) is 0 Å². The summed E-state index contributed by atoms with van der Waals surface area (Å²) in [6.45, 7) is 2.78. The molecule has 5 nitrogen and oxygen atoms in total. The van der Waals surface area contributed by atoms with E-state index in [1.54, 1.807) is 6.92 Å². The Morgan fingerprint density at radius 3 is 2.85 bits per heavy atom. The molecular formula is C14H17N3O2S. The Balaban J connectivity index is 1.98. The molecule has 1 aromatic carbocycles. The van der Waals surface area contributed by atoms with E-state index in [1.165, 1.54) is 17.1 Å². The highest BCUT2D eigenvalue weighted by Crippen LogP contribution is 2.27. The smallest absolute Gasteiger partial charge is 0.344 e. The van der Waals surface area contributed by atoms with Gasteiger partial charge in [-0.25, -0.2) is 4.79 Å². The minimum absolute atomic E-state index is 0.218. The number of anilines is 2. The van der Waals surface area contributed by atoms with Crippen LogP contribution >= 0.6 is 11.5 Å². The van der Waals surface area contributed by atoms with Gasteiger partial charge in [0, 0.05) is 6.54 Å². The zero-order chi connectivity index (χ0) is 14.4. The highest BCUT2D eigenvalue weighted by molar-refractivity contribution is 7.11. The van der Waals surface area contributed by atoms with Crippen LogP contribution in [0.25, 0.3) is 0 Å². The molecule has 0 aliphatic carbocycles. The molecule has 0 radical (unpaired) electrons. The van der Waals surface area contributed by atoms with Gasteiger partial charge >= 0.3 is 5.97 Å². The highest BCUT2D eigenvalue weighted by atomic mass is 32.1. The van der Waals surface area contributed by atoms with Crippen molar-refractivity contribution < 1.29 is 9.53 Å². The number of hydrogen-bond donors (Lipinski definition) is 2. The molecule has 0 spiro atoms. The van der Waals surface area contributed by atoms with Crippen LogP contribution < -0.4 is 11.1 Å². The molecule has 2 aromatic rings. The second kappa shape index (κ2) is 6.91. The predicted octanol–water partition coefficient (Wildman–Crippen LogP) is 2.56. The van der Waals surface area contributed by atoms with Gasteiger partial charge in [-0.2, -0.15) is 4.37 Å². The molecule has 6 heteroatoms. The number of carbonyl (C=O) groups excluding carboxylic acids is 1. The predicted molar refractivity (Wildman–Crippen MR) is 81.1 cm³/mol. The van der Waals surface area contributed by atoms with E-state index in [0.29, 0.717) is 23.7 Å². The van der Waals surface area contributed by atoms with Crippen molar-refractivity contribution in [2.24, 2.45) is 0 Å². The first-order valence-electron chi connectivity index (χ1n) is 6.42. The molecule has 0 saturated carbocycles. The number of benzene rings is 1. The lowest BCUT2D eigenvalue weighted by Crippen LogP contribution is -2.11. The molecule has 0 unspecified atom stereocenters. The van der Waals surface area contributed by atoms with E-state index >= 15 is 0 Å². The number of nitrogens with two attached hydrogens (primary N) is 1. The summed E-state index contributed by atoms with van der Waals surface area (Å²) in [5.74, 6) is -0.211. The highest BCUT2D eigenvalue weighted by Gasteiger charge is 2.20. The molecule has 0 atom stereocenters. The maximum absolute atomic E-state index is 11.8. The van der Waals surface area contributed by atoms with Crippen molar-refractivity contribution in [3.05, 3.63) is 41.5 Å². The molecule has 0 aliphatic heterocycles. The third kappa shape index (κ3) is 3.48. The minimum atomic E-state index is -0.430. The average Bonchev–Trinajstić information content (AvgIpc) is 2.81. The van der Waals surface area contributed by atoms with Crippen LogP contribution in [0.15, 0.2) is 30.3 Å². The Morgan fingerprint density at radius 2 is 2.15 bits per heavy atom. The van der Waals surface area contributed by atoms with Gasteiger partial charge in [-0.3, -0.25) is 0 Å². The number of esters is 1. The number of nitrogens with one attached hydrogen (secondary N) is 1. The summed E-state index contributed by atoms with van der Waals surface area (Å²) < 4.78 is 8.98. The molecule has 0 fully saturated rings. The van der Waals surface area contributed by atoms with Crippen molar-refractivity contribution in [1.82, 2.24) is 4.37 Å². The first kappa shape index (κ1) is 14.3. The Morgan fingerprint density at radius 1 is 1.40 bits per heavy atom. The van der Waals surface area contributed by atoms with Crippen LogP contribution in [-0.2, 0) is 11.2 Å². The second-order valence-electron chi connectivity index (χ2n) is 4.15. The van der Waals surface area contributed by atoms with Gasteiger partial charge in [0.25, 0.3) is 0 Å². The van der Waals surface area contributed by atoms with Crippen molar-refractivity contribution in [3.63, 3.8) is 0 Å². The molecule has 2 rings (SSSR count). The topological polar surface area (TPSA) is 77.2 Å². The third-order valence-corrected chi connectivity index (χ3v) is 3.56. The van der Waals surface area contributed by atoms with Crippen LogP contribution in [0.5, 0.6) is 0 Å². The molecule has 0 amide bonds. The van der Waals surface area contributed by atoms with E-state index < -0.39 is 5.97 Å². The van der Waals surface area contributed by atoms with Crippen LogP contribution in [0, 0.1) is 0 Å². The van der Waals surface area contributed by atoms with Gasteiger partial charge in [-0.1, -0.05) is 30.3 Å². The van der Waals surface area contributed by atoms with Crippen molar-refractivity contribution in [2.75, 3.05) is 24.2 Å². The fraction of sp³-hybridized carbons (Fsp3) is 0.286. The number of carbonyl (C=O) groups is 1. The number of aromatic nitrogens is 1. The van der Waals surface area contributed by atoms with Crippen LogP contribution in [0.3, 0.4) is 0 Å². The summed E-state index contributed by atoms with van der Waals surface area (Å²) >= 11 is 1.18. The molecule has 1 aromatic heterocycles. The van der Waals surface area contributed by atoms with Crippen LogP contribution in [0.4, 0.5) is 10.8 Å². The first-order chi connectivity index (χ1) is 9.72. The summed E-state index contributed by atoms with van der Waals surface area (Å²) in [5, 5.41) is 3.86. The number of nitrogens with zero attached hydrogens (tertiary/aromatic N) is 1. The van der Waals surface area contributed by atoms with Gasteiger partial charge in [0.15, 0.2) is 5.82 Å². The number of nitrogen functional groups attached to an aromatic ring is 1. The quantitative estimate of drug-likeness (QED) is 0.800. The van der Waals surface area contributed by atoms with E-state index in [-0.39, 0.29) is 5.82 Å². The summed E-state index contributed by atoms with van der Waals surface area (Å²) in [7, 11) is 0. The minimum Gasteiger partial charge on any atom is -0.462 e. The zero-order valence-electron chi connectivity index (χ0n) is 11.3. The average molecular weight is 291 g/mol. The molecule has 0 saturated heterocycles. The lowest BCUT2D eigenvalue weighted by atomic mass is 10.1. The van der Waals surface area contributed by atoms with E-state index in [0.717, 1.165) is 6.42 Å². The Labute approximate surface area is 121 Å². The van der Waals surface area contributed by atoms with E-state index in [2.05, 4.69) is 21.8 Å². The SMILES string of the molecule is CCOC(=O)c1c(N)nsc1NCCc1ccccc1. The summed E-state index contributed by atoms with van der Waals surface area (Å²) in [4.78, 5) is 11.8. The Bertz CT molecular complexity index is 569. The molecule has 106 valence electrons. The van der Waals surface area contributed by atoms with Gasteiger partial charge in [0.05, 0.1) is 6.61 Å². The number of ether oxygens (including phenoxy) is 1. The van der Waals surface area contributed by atoms with Crippen LogP contribution in [-0.4, -0.2) is 23.5 Å². The Hall–Kier alpha value is -2.08. The number of rotatable bonds is 6. The van der Waals surface area contributed by atoms with Crippen LogP contribution in [0.2, 0.25) is 0 Å². The standard InChI is InChI=1S/C14H17N3O2S/c1-2-19-14(18)11-12(15)17-20-13(11)16-9-8-10-6-4-3-5-7-10/h3-7,16H,2,8-9H2,1H3,(H2,15,17).